The molecule has 1 aliphatic rings. The Hall–Kier alpha value is -0.750. The van der Waals surface area contributed by atoms with Crippen molar-refractivity contribution in [1.29, 1.82) is 0 Å². The van der Waals surface area contributed by atoms with Gasteiger partial charge in [0.05, 0.1) is 0 Å². The molecule has 21 heavy (non-hydrogen) atoms. The fourth-order valence-electron chi connectivity index (χ4n) is 2.18. The van der Waals surface area contributed by atoms with Crippen molar-refractivity contribution < 1.29 is 14.6 Å². The van der Waals surface area contributed by atoms with Gasteiger partial charge in [-0.25, -0.2) is 0 Å². The van der Waals surface area contributed by atoms with E-state index in [2.05, 4.69) is 31.9 Å². The molecule has 6 heteroatoms. The van der Waals surface area contributed by atoms with Crippen LogP contribution in [0, 0.1) is 0 Å². The van der Waals surface area contributed by atoms with Crippen LogP contribution in [0.15, 0.2) is 39.3 Å². The van der Waals surface area contributed by atoms with Gasteiger partial charge in [0.2, 0.25) is 0 Å². The minimum absolute atomic E-state index is 0.499. The molecule has 2 aromatic carbocycles. The van der Waals surface area contributed by atoms with Crippen LogP contribution in [0.1, 0.15) is 17.2 Å². The Balaban J connectivity index is 2.03. The summed E-state index contributed by atoms with van der Waals surface area (Å²) in [5.74, 6) is 1.30. The maximum absolute atomic E-state index is 10.6. The zero-order valence-electron chi connectivity index (χ0n) is 10.8. The molecule has 0 radical (unpaired) electrons. The van der Waals surface area contributed by atoms with Gasteiger partial charge in [-0.1, -0.05) is 49.5 Å². The summed E-state index contributed by atoms with van der Waals surface area (Å²) < 4.78 is 12.7. The summed E-state index contributed by atoms with van der Waals surface area (Å²) in [6.07, 6.45) is -0.851. The average Bonchev–Trinajstić information content (AvgIpc) is 2.46. The maximum atomic E-state index is 10.6. The molecular formula is C15H11Br2ClO3. The molecule has 0 spiro atoms. The number of ether oxygens (including phenoxy) is 2. The molecule has 2 aromatic rings. The lowest BCUT2D eigenvalue weighted by atomic mass is 10.0. The van der Waals surface area contributed by atoms with Crippen LogP contribution in [0.3, 0.4) is 0 Å². The van der Waals surface area contributed by atoms with Gasteiger partial charge < -0.3 is 14.6 Å². The van der Waals surface area contributed by atoms with Crippen molar-refractivity contribution in [3.05, 3.63) is 55.4 Å². The van der Waals surface area contributed by atoms with E-state index in [9.17, 15) is 5.11 Å². The Labute approximate surface area is 144 Å². The molecule has 0 bridgehead atoms. The number of rotatable bonds is 2. The van der Waals surface area contributed by atoms with Gasteiger partial charge in [0, 0.05) is 25.1 Å². The van der Waals surface area contributed by atoms with Crippen molar-refractivity contribution in [3.63, 3.8) is 0 Å². The fourth-order valence-corrected chi connectivity index (χ4v) is 3.50. The van der Waals surface area contributed by atoms with Crippen LogP contribution < -0.4 is 9.47 Å². The number of fused-ring (bicyclic) bond motifs is 1. The van der Waals surface area contributed by atoms with Gasteiger partial charge in [-0.3, -0.25) is 0 Å². The minimum atomic E-state index is -0.851. The van der Waals surface area contributed by atoms with Gasteiger partial charge in [-0.15, -0.1) is 0 Å². The normalized spacial score (nSPS) is 14.9. The number of hydrogen-bond donors (Lipinski definition) is 1. The third kappa shape index (κ3) is 3.06. The quantitative estimate of drug-likeness (QED) is 0.744. The lowest BCUT2D eigenvalue weighted by Crippen LogP contribution is -2.16. The van der Waals surface area contributed by atoms with Crippen LogP contribution >= 0.6 is 43.5 Å². The van der Waals surface area contributed by atoms with E-state index in [0.29, 0.717) is 40.9 Å². The van der Waals surface area contributed by atoms with Crippen LogP contribution in [-0.4, -0.2) is 18.3 Å². The summed E-state index contributed by atoms with van der Waals surface area (Å²) in [7, 11) is 0. The van der Waals surface area contributed by atoms with Crippen molar-refractivity contribution in [2.75, 3.05) is 13.2 Å². The Morgan fingerprint density at radius 1 is 1.00 bits per heavy atom. The molecule has 0 saturated carbocycles. The Morgan fingerprint density at radius 2 is 1.67 bits per heavy atom. The third-order valence-electron chi connectivity index (χ3n) is 3.21. The van der Waals surface area contributed by atoms with Crippen LogP contribution in [-0.2, 0) is 0 Å². The van der Waals surface area contributed by atoms with Gasteiger partial charge in [-0.05, 0) is 24.3 Å². The van der Waals surface area contributed by atoms with E-state index in [0.717, 1.165) is 8.95 Å². The van der Waals surface area contributed by atoms with E-state index < -0.39 is 6.10 Å². The predicted molar refractivity (Wildman–Crippen MR) is 88.3 cm³/mol. The number of hydrogen-bond acceptors (Lipinski definition) is 3. The summed E-state index contributed by atoms with van der Waals surface area (Å²) in [6.45, 7) is 1.03. The van der Waals surface area contributed by atoms with E-state index in [-0.39, 0.29) is 0 Å². The molecule has 0 amide bonds. The zero-order chi connectivity index (χ0) is 15.0. The van der Waals surface area contributed by atoms with Crippen LogP contribution in [0.25, 0.3) is 0 Å². The first-order valence-corrected chi connectivity index (χ1v) is 8.24. The first-order chi connectivity index (χ1) is 10.1. The standard InChI is InChI=1S/C15H11Br2ClO3/c16-8-1-2-9(12(18)5-8)15(19)10-6-13-14(7-11(10)17)21-4-3-20-13/h1-2,5-7,15,19H,3-4H2. The molecule has 0 fully saturated rings. The molecule has 1 unspecified atom stereocenters. The second kappa shape index (κ2) is 6.16. The molecule has 0 aliphatic carbocycles. The third-order valence-corrected chi connectivity index (χ3v) is 4.72. The lowest BCUT2D eigenvalue weighted by molar-refractivity contribution is 0.169. The molecule has 0 saturated heterocycles. The molecule has 110 valence electrons. The lowest BCUT2D eigenvalue weighted by Gasteiger charge is -2.22. The topological polar surface area (TPSA) is 38.7 Å². The van der Waals surface area contributed by atoms with Gasteiger partial charge in [-0.2, -0.15) is 0 Å². The van der Waals surface area contributed by atoms with Gasteiger partial charge >= 0.3 is 0 Å². The van der Waals surface area contributed by atoms with Crippen molar-refractivity contribution in [1.82, 2.24) is 0 Å². The first-order valence-electron chi connectivity index (χ1n) is 6.28. The van der Waals surface area contributed by atoms with E-state index in [1.165, 1.54) is 0 Å². The second-order valence-electron chi connectivity index (χ2n) is 4.59. The predicted octanol–water partition coefficient (Wildman–Crippen LogP) is 4.72. The summed E-state index contributed by atoms with van der Waals surface area (Å²) in [5.41, 5.74) is 1.32. The molecule has 1 aliphatic heterocycles. The van der Waals surface area contributed by atoms with Gasteiger partial charge in [0.1, 0.15) is 19.3 Å². The van der Waals surface area contributed by atoms with E-state index >= 15 is 0 Å². The van der Waals surface area contributed by atoms with Crippen LogP contribution in [0.5, 0.6) is 11.5 Å². The second-order valence-corrected chi connectivity index (χ2v) is 6.76. The van der Waals surface area contributed by atoms with Gasteiger partial charge in [0.25, 0.3) is 0 Å². The van der Waals surface area contributed by atoms with Crippen molar-refractivity contribution in [2.45, 2.75) is 6.10 Å². The average molecular weight is 435 g/mol. The summed E-state index contributed by atoms with van der Waals surface area (Å²) in [5, 5.41) is 11.1. The van der Waals surface area contributed by atoms with Crippen LogP contribution in [0.4, 0.5) is 0 Å². The first kappa shape index (κ1) is 15.2. The Kier molecular flexibility index (Phi) is 4.45. The number of benzene rings is 2. The Bertz CT molecular complexity index is 691. The summed E-state index contributed by atoms with van der Waals surface area (Å²) in [4.78, 5) is 0. The molecule has 0 aromatic heterocycles. The SMILES string of the molecule is OC(c1ccc(Br)cc1Cl)c1cc2c(cc1Br)OCCO2. The number of halogens is 3. The summed E-state index contributed by atoms with van der Waals surface area (Å²) in [6, 6.07) is 8.98. The summed E-state index contributed by atoms with van der Waals surface area (Å²) >= 11 is 13.0. The van der Waals surface area contributed by atoms with E-state index in [1.54, 1.807) is 24.3 Å². The highest BCUT2D eigenvalue weighted by Crippen LogP contribution is 2.40. The smallest absolute Gasteiger partial charge is 0.162 e. The fraction of sp³-hybridized carbons (Fsp3) is 0.200. The molecule has 1 atom stereocenters. The largest absolute Gasteiger partial charge is 0.486 e. The van der Waals surface area contributed by atoms with Crippen molar-refractivity contribution >= 4 is 43.5 Å². The van der Waals surface area contributed by atoms with E-state index in [4.69, 9.17) is 21.1 Å². The molecular weight excluding hydrogens is 423 g/mol. The molecule has 3 nitrogen and oxygen atoms in total. The van der Waals surface area contributed by atoms with Crippen LogP contribution in [0.2, 0.25) is 5.02 Å². The molecule has 3 rings (SSSR count). The van der Waals surface area contributed by atoms with E-state index in [1.807, 2.05) is 6.07 Å². The highest BCUT2D eigenvalue weighted by atomic mass is 79.9. The van der Waals surface area contributed by atoms with Crippen molar-refractivity contribution in [3.8, 4) is 11.5 Å². The van der Waals surface area contributed by atoms with Gasteiger partial charge in [0.15, 0.2) is 11.5 Å². The number of aliphatic hydroxyl groups is 1. The highest BCUT2D eigenvalue weighted by Gasteiger charge is 2.21. The minimum Gasteiger partial charge on any atom is -0.486 e. The molecule has 1 N–H and O–H groups in total. The highest BCUT2D eigenvalue weighted by molar-refractivity contribution is 9.10. The molecule has 1 heterocycles. The van der Waals surface area contributed by atoms with Crippen molar-refractivity contribution in [2.24, 2.45) is 0 Å². The monoisotopic (exact) mass is 432 g/mol. The maximum Gasteiger partial charge on any atom is 0.162 e. The Morgan fingerprint density at radius 3 is 2.33 bits per heavy atom. The number of aliphatic hydroxyl groups excluding tert-OH is 1. The zero-order valence-corrected chi connectivity index (χ0v) is 14.7.